The lowest BCUT2D eigenvalue weighted by Gasteiger charge is -2.34. The molecule has 0 bridgehead atoms. The molecule has 0 heterocycles. The Kier molecular flexibility index (Phi) is 12.2. The van der Waals surface area contributed by atoms with E-state index in [0.29, 0.717) is 6.54 Å². The zero-order valence-electron chi connectivity index (χ0n) is 24.7. The van der Waals surface area contributed by atoms with Crippen molar-refractivity contribution >= 4 is 55.1 Å². The topological polar surface area (TPSA) is 86.8 Å². The van der Waals surface area contributed by atoms with Crippen molar-refractivity contribution in [2.45, 2.75) is 43.7 Å². The maximum absolute atomic E-state index is 14.4. The third kappa shape index (κ3) is 9.15. The zero-order valence-corrected chi connectivity index (χ0v) is 27.9. The molecule has 0 fully saturated rings. The number of hydrogen-bond acceptors (Lipinski definition) is 4. The summed E-state index contributed by atoms with van der Waals surface area (Å²) in [6.07, 6.45) is 1.83. The summed E-state index contributed by atoms with van der Waals surface area (Å²) < 4.78 is 43.8. The molecule has 0 saturated heterocycles. The molecule has 1 atom stereocenters. The highest BCUT2D eigenvalue weighted by Crippen LogP contribution is 2.28. The van der Waals surface area contributed by atoms with Gasteiger partial charge in [0, 0.05) is 24.0 Å². The highest BCUT2D eigenvalue weighted by atomic mass is 79.9. The zero-order chi connectivity index (χ0) is 32.4. The minimum Gasteiger partial charge on any atom is -0.354 e. The molecule has 4 aromatic rings. The van der Waals surface area contributed by atoms with Gasteiger partial charge in [-0.1, -0.05) is 102 Å². The minimum absolute atomic E-state index is 0.00742. The van der Waals surface area contributed by atoms with E-state index >= 15 is 0 Å². The molecule has 7 nitrogen and oxygen atoms in total. The van der Waals surface area contributed by atoms with Crippen molar-refractivity contribution in [3.05, 3.63) is 130 Å². The summed E-state index contributed by atoms with van der Waals surface area (Å²) in [5, 5.41) is 2.66. The predicted molar refractivity (Wildman–Crippen MR) is 179 cm³/mol. The van der Waals surface area contributed by atoms with Gasteiger partial charge in [-0.05, 0) is 60.0 Å². The lowest BCUT2D eigenvalue weighted by atomic mass is 10.0. The van der Waals surface area contributed by atoms with E-state index in [1.54, 1.807) is 18.2 Å². The number of nitrogens with one attached hydrogen (secondary N) is 1. The molecule has 0 radical (unpaired) electrons. The number of carbonyl (C=O) groups is 2. The molecule has 2 amide bonds. The van der Waals surface area contributed by atoms with Crippen LogP contribution in [0.5, 0.6) is 0 Å². The van der Waals surface area contributed by atoms with Crippen LogP contribution >= 0.6 is 27.5 Å². The smallest absolute Gasteiger partial charge is 0.264 e. The molecular formula is C34H34BrClFN3O4S. The number of unbranched alkanes of at least 4 members (excludes halogenated alkanes) is 1. The minimum atomic E-state index is -4.32. The highest BCUT2D eigenvalue weighted by Gasteiger charge is 2.34. The first kappa shape index (κ1) is 34.1. The summed E-state index contributed by atoms with van der Waals surface area (Å²) >= 11 is 9.54. The van der Waals surface area contributed by atoms with Crippen LogP contribution in [-0.2, 0) is 32.6 Å². The average Bonchev–Trinajstić information content (AvgIpc) is 3.03. The molecular weight excluding hydrogens is 681 g/mol. The molecule has 0 aliphatic rings. The SMILES string of the molecule is CCCCNC(=O)[C@@H](Cc1ccccc1)N(Cc1cccc(Br)c1)C(=O)CN(c1ccc(F)c(Cl)c1)S(=O)(=O)c1ccccc1. The van der Waals surface area contributed by atoms with Crippen LogP contribution in [0.1, 0.15) is 30.9 Å². The number of sulfonamides is 1. The Hall–Kier alpha value is -3.73. The van der Waals surface area contributed by atoms with E-state index in [-0.39, 0.29) is 34.5 Å². The predicted octanol–water partition coefficient (Wildman–Crippen LogP) is 6.99. The Morgan fingerprint density at radius 2 is 1.58 bits per heavy atom. The van der Waals surface area contributed by atoms with Crippen LogP contribution in [-0.4, -0.2) is 44.3 Å². The van der Waals surface area contributed by atoms with Crippen molar-refractivity contribution in [3.63, 3.8) is 0 Å². The fourth-order valence-corrected chi connectivity index (χ4v) is 6.83. The molecule has 0 saturated carbocycles. The van der Waals surface area contributed by atoms with E-state index in [1.807, 2.05) is 61.5 Å². The van der Waals surface area contributed by atoms with Gasteiger partial charge in [0.15, 0.2) is 0 Å². The third-order valence-corrected chi connectivity index (χ3v) is 9.71. The summed E-state index contributed by atoms with van der Waals surface area (Å²) in [5.41, 5.74) is 1.58. The molecule has 0 aromatic heterocycles. The van der Waals surface area contributed by atoms with Crippen LogP contribution in [0.2, 0.25) is 5.02 Å². The van der Waals surface area contributed by atoms with E-state index in [4.69, 9.17) is 11.6 Å². The maximum Gasteiger partial charge on any atom is 0.264 e. The van der Waals surface area contributed by atoms with Gasteiger partial charge in [0.25, 0.3) is 10.0 Å². The molecule has 236 valence electrons. The number of halogens is 3. The number of rotatable bonds is 14. The first-order valence-electron chi connectivity index (χ1n) is 14.5. The quantitative estimate of drug-likeness (QED) is 0.143. The van der Waals surface area contributed by atoms with Gasteiger partial charge in [-0.3, -0.25) is 13.9 Å². The van der Waals surface area contributed by atoms with Crippen molar-refractivity contribution in [2.75, 3.05) is 17.4 Å². The largest absolute Gasteiger partial charge is 0.354 e. The van der Waals surface area contributed by atoms with Crippen LogP contribution in [0.15, 0.2) is 112 Å². The molecule has 4 rings (SSSR count). The van der Waals surface area contributed by atoms with E-state index < -0.39 is 34.3 Å². The fourth-order valence-electron chi connectivity index (χ4n) is 4.78. The Morgan fingerprint density at radius 3 is 2.22 bits per heavy atom. The molecule has 4 aromatic carbocycles. The van der Waals surface area contributed by atoms with E-state index in [2.05, 4.69) is 21.2 Å². The van der Waals surface area contributed by atoms with Crippen LogP contribution in [0.3, 0.4) is 0 Å². The van der Waals surface area contributed by atoms with Crippen LogP contribution in [0.4, 0.5) is 10.1 Å². The molecule has 0 spiro atoms. The first-order valence-corrected chi connectivity index (χ1v) is 17.1. The van der Waals surface area contributed by atoms with Gasteiger partial charge in [0.2, 0.25) is 11.8 Å². The van der Waals surface area contributed by atoms with Gasteiger partial charge in [-0.2, -0.15) is 0 Å². The highest BCUT2D eigenvalue weighted by molar-refractivity contribution is 9.10. The maximum atomic E-state index is 14.4. The van der Waals surface area contributed by atoms with Gasteiger partial charge in [-0.15, -0.1) is 0 Å². The molecule has 45 heavy (non-hydrogen) atoms. The van der Waals surface area contributed by atoms with Crippen molar-refractivity contribution in [1.29, 1.82) is 0 Å². The number of carbonyl (C=O) groups excluding carboxylic acids is 2. The van der Waals surface area contributed by atoms with Crippen LogP contribution in [0, 0.1) is 5.82 Å². The van der Waals surface area contributed by atoms with E-state index in [9.17, 15) is 22.4 Å². The lowest BCUT2D eigenvalue weighted by Crippen LogP contribution is -2.53. The normalized spacial score (nSPS) is 11.9. The molecule has 1 N–H and O–H groups in total. The molecule has 11 heteroatoms. The van der Waals surface area contributed by atoms with Crippen LogP contribution in [0.25, 0.3) is 0 Å². The summed E-state index contributed by atoms with van der Waals surface area (Å²) in [4.78, 5) is 29.6. The second-order valence-corrected chi connectivity index (χ2v) is 13.6. The number of benzene rings is 4. The van der Waals surface area contributed by atoms with Crippen molar-refractivity contribution < 1.29 is 22.4 Å². The summed E-state index contributed by atoms with van der Waals surface area (Å²) in [6, 6.07) is 26.8. The number of amides is 2. The second-order valence-electron chi connectivity index (χ2n) is 10.4. The summed E-state index contributed by atoms with van der Waals surface area (Å²) in [5.74, 6) is -1.70. The van der Waals surface area contributed by atoms with Crippen molar-refractivity contribution in [1.82, 2.24) is 10.2 Å². The van der Waals surface area contributed by atoms with Gasteiger partial charge < -0.3 is 10.2 Å². The number of anilines is 1. The Labute approximate surface area is 277 Å². The van der Waals surface area contributed by atoms with Gasteiger partial charge >= 0.3 is 0 Å². The fraction of sp³-hybridized carbons (Fsp3) is 0.235. The Bertz CT molecular complexity index is 1710. The second kappa shape index (κ2) is 16.0. The number of nitrogens with zero attached hydrogens (tertiary/aromatic N) is 2. The first-order chi connectivity index (χ1) is 21.6. The van der Waals surface area contributed by atoms with Gasteiger partial charge in [0.05, 0.1) is 15.6 Å². The molecule has 0 aliphatic carbocycles. The van der Waals surface area contributed by atoms with Crippen molar-refractivity contribution in [3.8, 4) is 0 Å². The summed E-state index contributed by atoms with van der Waals surface area (Å²) in [6.45, 7) is 1.81. The monoisotopic (exact) mass is 713 g/mol. The Balaban J connectivity index is 1.80. The summed E-state index contributed by atoms with van der Waals surface area (Å²) in [7, 11) is -4.32. The lowest BCUT2D eigenvalue weighted by molar-refractivity contribution is -0.140. The third-order valence-electron chi connectivity index (χ3n) is 7.14. The Morgan fingerprint density at radius 1 is 0.911 bits per heavy atom. The van der Waals surface area contributed by atoms with E-state index in [0.717, 1.165) is 38.8 Å². The number of hydrogen-bond donors (Lipinski definition) is 1. The van der Waals surface area contributed by atoms with E-state index in [1.165, 1.54) is 29.2 Å². The molecule has 0 unspecified atom stereocenters. The standard InChI is InChI=1S/C34H34BrClFN3O4S/c1-2-3-19-38-34(42)32(21-25-11-6-4-7-12-25)39(23-26-13-10-14-27(35)20-26)33(41)24-40(28-17-18-31(37)30(36)22-28)45(43,44)29-15-8-5-9-16-29/h4-18,20,22,32H,2-3,19,21,23-24H2,1H3,(H,38,42)/t32-/m1/s1. The average molecular weight is 715 g/mol. The van der Waals surface area contributed by atoms with Crippen molar-refractivity contribution in [2.24, 2.45) is 0 Å². The molecule has 0 aliphatic heterocycles. The van der Waals surface area contributed by atoms with Gasteiger partial charge in [-0.25, -0.2) is 12.8 Å². The van der Waals surface area contributed by atoms with Gasteiger partial charge in [0.1, 0.15) is 18.4 Å². The van der Waals surface area contributed by atoms with Crippen LogP contribution < -0.4 is 9.62 Å².